The monoisotopic (exact) mass is 352 g/mol. The van der Waals surface area contributed by atoms with Crippen molar-refractivity contribution < 1.29 is 13.2 Å². The van der Waals surface area contributed by atoms with Crippen LogP contribution in [0, 0.1) is 11.8 Å². The molecule has 0 bridgehead atoms. The zero-order chi connectivity index (χ0) is 17.7. The summed E-state index contributed by atoms with van der Waals surface area (Å²) >= 11 is 0. The number of hydrogen-bond acceptors (Lipinski definition) is 3. The molecular weight excluding hydrogens is 324 g/mol. The first-order valence-corrected chi connectivity index (χ1v) is 10.4. The largest absolute Gasteiger partial charge is 0.349 e. The van der Waals surface area contributed by atoms with Gasteiger partial charge in [-0.2, -0.15) is 0 Å². The third kappa shape index (κ3) is 4.97. The van der Waals surface area contributed by atoms with Crippen LogP contribution in [0.15, 0.2) is 24.3 Å². The van der Waals surface area contributed by atoms with Crippen LogP contribution in [-0.4, -0.2) is 26.1 Å². The molecule has 1 aliphatic rings. The molecule has 0 radical (unpaired) electrons. The molecule has 6 heteroatoms. The maximum absolute atomic E-state index is 12.6. The first-order chi connectivity index (χ1) is 11.3. The Hall–Kier alpha value is -1.56. The molecule has 2 unspecified atom stereocenters. The maximum Gasteiger partial charge on any atom is 0.251 e. The van der Waals surface area contributed by atoms with Crippen molar-refractivity contribution in [2.45, 2.75) is 52.5 Å². The van der Waals surface area contributed by atoms with Crippen LogP contribution in [0.5, 0.6) is 0 Å². The Balaban J connectivity index is 2.09. The van der Waals surface area contributed by atoms with Gasteiger partial charge in [-0.1, -0.05) is 33.3 Å². The number of sulfonamides is 1. The number of carbonyl (C=O) groups excluding carboxylic acids is 1. The van der Waals surface area contributed by atoms with Gasteiger partial charge in [0.25, 0.3) is 5.91 Å². The molecule has 24 heavy (non-hydrogen) atoms. The maximum atomic E-state index is 12.6. The van der Waals surface area contributed by atoms with Gasteiger partial charge in [0.2, 0.25) is 10.0 Å². The van der Waals surface area contributed by atoms with Gasteiger partial charge in [-0.15, -0.1) is 0 Å². The highest BCUT2D eigenvalue weighted by Crippen LogP contribution is 2.29. The summed E-state index contributed by atoms with van der Waals surface area (Å²) in [6.07, 6.45) is 4.02. The third-order valence-electron chi connectivity index (χ3n) is 4.71. The lowest BCUT2D eigenvalue weighted by Crippen LogP contribution is -2.45. The van der Waals surface area contributed by atoms with E-state index < -0.39 is 10.0 Å². The highest BCUT2D eigenvalue weighted by molar-refractivity contribution is 7.92. The Morgan fingerprint density at radius 3 is 2.50 bits per heavy atom. The number of hydrogen-bond donors (Lipinski definition) is 2. The lowest BCUT2D eigenvalue weighted by atomic mass is 9.78. The summed E-state index contributed by atoms with van der Waals surface area (Å²) in [6.45, 7) is 6.17. The van der Waals surface area contributed by atoms with Gasteiger partial charge in [-0.05, 0) is 49.3 Å². The topological polar surface area (TPSA) is 75.3 Å². The van der Waals surface area contributed by atoms with Gasteiger partial charge in [0.05, 0.1) is 5.75 Å². The molecule has 1 aromatic carbocycles. The Bertz CT molecular complexity index is 663. The van der Waals surface area contributed by atoms with Crippen LogP contribution < -0.4 is 10.0 Å². The molecule has 0 aliphatic heterocycles. The molecule has 1 aromatic rings. The molecule has 134 valence electrons. The van der Waals surface area contributed by atoms with E-state index in [-0.39, 0.29) is 17.7 Å². The lowest BCUT2D eigenvalue weighted by Gasteiger charge is -2.35. The van der Waals surface area contributed by atoms with Crippen molar-refractivity contribution in [3.63, 3.8) is 0 Å². The van der Waals surface area contributed by atoms with Gasteiger partial charge < -0.3 is 5.32 Å². The molecule has 2 rings (SSSR count). The van der Waals surface area contributed by atoms with Crippen LogP contribution in [0.3, 0.4) is 0 Å². The lowest BCUT2D eigenvalue weighted by molar-refractivity contribution is 0.0880. The quantitative estimate of drug-likeness (QED) is 0.824. The minimum atomic E-state index is -3.35. The number of rotatable bonds is 6. The van der Waals surface area contributed by atoms with Crippen LogP contribution in [0.4, 0.5) is 5.69 Å². The predicted octanol–water partition coefficient (Wildman–Crippen LogP) is 3.39. The second-order valence-corrected chi connectivity index (χ2v) is 8.73. The first kappa shape index (κ1) is 18.8. The number of nitrogens with one attached hydrogen (secondary N) is 2. The zero-order valence-corrected chi connectivity index (χ0v) is 15.5. The highest BCUT2D eigenvalue weighted by Gasteiger charge is 2.29. The highest BCUT2D eigenvalue weighted by atomic mass is 32.2. The van der Waals surface area contributed by atoms with Crippen molar-refractivity contribution in [1.29, 1.82) is 0 Å². The van der Waals surface area contributed by atoms with E-state index in [1.807, 2.05) is 6.92 Å². The van der Waals surface area contributed by atoms with Crippen LogP contribution in [0.1, 0.15) is 56.8 Å². The van der Waals surface area contributed by atoms with Crippen molar-refractivity contribution in [3.8, 4) is 0 Å². The molecule has 0 spiro atoms. The van der Waals surface area contributed by atoms with Gasteiger partial charge in [0, 0.05) is 17.3 Å². The van der Waals surface area contributed by atoms with Crippen LogP contribution in [0.2, 0.25) is 0 Å². The number of amides is 1. The average Bonchev–Trinajstić information content (AvgIpc) is 2.50. The van der Waals surface area contributed by atoms with Gasteiger partial charge in [0.15, 0.2) is 0 Å². The van der Waals surface area contributed by atoms with E-state index in [0.29, 0.717) is 29.5 Å². The summed E-state index contributed by atoms with van der Waals surface area (Å²) in [7, 11) is -3.35. The minimum absolute atomic E-state index is 0.0700. The number of benzene rings is 1. The standard InChI is InChI=1S/C18H28N2O3S/c1-4-11-24(22,23)20-16-10-6-9-15(12-16)18(21)19-17-13(2)7-5-8-14(17)3/h6,9-10,12-14,17,20H,4-5,7-8,11H2,1-3H3,(H,19,21). The van der Waals surface area contributed by atoms with Gasteiger partial charge in [-0.3, -0.25) is 9.52 Å². The van der Waals surface area contributed by atoms with E-state index in [0.717, 1.165) is 12.8 Å². The molecule has 1 aliphatic carbocycles. The predicted molar refractivity (Wildman–Crippen MR) is 97.6 cm³/mol. The molecular formula is C18H28N2O3S. The number of anilines is 1. The van der Waals surface area contributed by atoms with E-state index in [9.17, 15) is 13.2 Å². The Morgan fingerprint density at radius 1 is 1.21 bits per heavy atom. The summed E-state index contributed by atoms with van der Waals surface area (Å²) in [5.74, 6) is 0.852. The fraction of sp³-hybridized carbons (Fsp3) is 0.611. The number of carbonyl (C=O) groups is 1. The molecule has 0 saturated heterocycles. The third-order valence-corrected chi connectivity index (χ3v) is 6.21. The smallest absolute Gasteiger partial charge is 0.251 e. The Labute approximate surface area is 145 Å². The van der Waals surface area contributed by atoms with E-state index in [4.69, 9.17) is 0 Å². The normalized spacial score (nSPS) is 24.4. The van der Waals surface area contributed by atoms with Crippen molar-refractivity contribution in [3.05, 3.63) is 29.8 Å². The van der Waals surface area contributed by atoms with E-state index in [2.05, 4.69) is 23.9 Å². The molecule has 2 atom stereocenters. The first-order valence-electron chi connectivity index (χ1n) is 8.74. The minimum Gasteiger partial charge on any atom is -0.349 e. The van der Waals surface area contributed by atoms with Crippen LogP contribution in [0.25, 0.3) is 0 Å². The molecule has 1 saturated carbocycles. The van der Waals surface area contributed by atoms with E-state index >= 15 is 0 Å². The summed E-state index contributed by atoms with van der Waals surface area (Å²) in [4.78, 5) is 12.6. The fourth-order valence-electron chi connectivity index (χ4n) is 3.42. The second kappa shape index (κ2) is 8.01. The summed E-state index contributed by atoms with van der Waals surface area (Å²) in [6, 6.07) is 6.85. The van der Waals surface area contributed by atoms with Gasteiger partial charge in [-0.25, -0.2) is 8.42 Å². The molecule has 0 aromatic heterocycles. The molecule has 0 heterocycles. The average molecular weight is 353 g/mol. The van der Waals surface area contributed by atoms with Crippen molar-refractivity contribution in [2.24, 2.45) is 11.8 Å². The zero-order valence-electron chi connectivity index (χ0n) is 14.7. The van der Waals surface area contributed by atoms with Gasteiger partial charge in [0.1, 0.15) is 0 Å². The van der Waals surface area contributed by atoms with Crippen molar-refractivity contribution in [1.82, 2.24) is 5.32 Å². The molecule has 1 amide bonds. The Kier molecular flexibility index (Phi) is 6.27. The Morgan fingerprint density at radius 2 is 1.88 bits per heavy atom. The molecule has 5 nitrogen and oxygen atoms in total. The molecule has 1 fully saturated rings. The SMILES string of the molecule is CCCS(=O)(=O)Nc1cccc(C(=O)NC2C(C)CCCC2C)c1. The fourth-order valence-corrected chi connectivity index (χ4v) is 4.55. The van der Waals surface area contributed by atoms with Crippen LogP contribution in [-0.2, 0) is 10.0 Å². The molecule has 2 N–H and O–H groups in total. The summed E-state index contributed by atoms with van der Waals surface area (Å²) < 4.78 is 26.3. The summed E-state index contributed by atoms with van der Waals surface area (Å²) in [5, 5.41) is 3.13. The van der Waals surface area contributed by atoms with E-state index in [1.54, 1.807) is 24.3 Å². The van der Waals surface area contributed by atoms with Crippen molar-refractivity contribution in [2.75, 3.05) is 10.5 Å². The van der Waals surface area contributed by atoms with Crippen molar-refractivity contribution >= 4 is 21.6 Å². The van der Waals surface area contributed by atoms with Gasteiger partial charge >= 0.3 is 0 Å². The second-order valence-electron chi connectivity index (χ2n) is 6.89. The van der Waals surface area contributed by atoms with E-state index in [1.165, 1.54) is 6.42 Å². The summed E-state index contributed by atoms with van der Waals surface area (Å²) in [5.41, 5.74) is 0.914. The van der Waals surface area contributed by atoms with Crippen LogP contribution >= 0.6 is 0 Å².